The van der Waals surface area contributed by atoms with Gasteiger partial charge < -0.3 is 10.5 Å². The van der Waals surface area contributed by atoms with Gasteiger partial charge in [-0.3, -0.25) is 4.79 Å². The average molecular weight is 285 g/mol. The molecule has 0 spiro atoms. The van der Waals surface area contributed by atoms with Crippen molar-refractivity contribution in [3.8, 4) is 0 Å². The molecular formula is C18H23NO2. The van der Waals surface area contributed by atoms with Crippen LogP contribution in [0.5, 0.6) is 0 Å². The van der Waals surface area contributed by atoms with E-state index in [1.807, 2.05) is 12.1 Å². The summed E-state index contributed by atoms with van der Waals surface area (Å²) in [6.45, 7) is 3.24. The Morgan fingerprint density at radius 2 is 2.19 bits per heavy atom. The highest BCUT2D eigenvalue weighted by molar-refractivity contribution is 5.93. The molecule has 4 atom stereocenters. The lowest BCUT2D eigenvalue weighted by atomic mass is 9.59. The molecule has 1 heterocycles. The van der Waals surface area contributed by atoms with E-state index in [0.29, 0.717) is 17.4 Å². The molecular weight excluding hydrogens is 262 g/mol. The topological polar surface area (TPSA) is 52.3 Å². The standard InChI is InChI=1S/C18H23NO2/c1-18-8-6-14-13-4-3-12(17(19)20)10-11(13)2-5-15(14)16(18)7-9-21-18/h3-4,10,14-16H,2,5-9H2,1H3,(H2,19,20)/t14-,15-,16+,18+/m1/s1. The quantitative estimate of drug-likeness (QED) is 0.862. The van der Waals surface area contributed by atoms with Crippen molar-refractivity contribution in [3.63, 3.8) is 0 Å². The summed E-state index contributed by atoms with van der Waals surface area (Å²) in [5, 5.41) is 0. The number of aryl methyl sites for hydroxylation is 1. The van der Waals surface area contributed by atoms with E-state index < -0.39 is 0 Å². The normalized spacial score (nSPS) is 37.5. The maximum atomic E-state index is 11.4. The zero-order valence-corrected chi connectivity index (χ0v) is 12.6. The Bertz CT molecular complexity index is 597. The van der Waals surface area contributed by atoms with Crippen molar-refractivity contribution in [3.05, 3.63) is 34.9 Å². The Morgan fingerprint density at radius 3 is 3.00 bits per heavy atom. The van der Waals surface area contributed by atoms with Crippen LogP contribution in [0.2, 0.25) is 0 Å². The first-order chi connectivity index (χ1) is 10.1. The first-order valence-electron chi connectivity index (χ1n) is 8.15. The van der Waals surface area contributed by atoms with E-state index in [0.717, 1.165) is 25.4 Å². The van der Waals surface area contributed by atoms with Crippen LogP contribution < -0.4 is 5.73 Å². The summed E-state index contributed by atoms with van der Waals surface area (Å²) in [6.07, 6.45) is 5.89. The summed E-state index contributed by atoms with van der Waals surface area (Å²) in [4.78, 5) is 11.4. The molecule has 1 saturated heterocycles. The van der Waals surface area contributed by atoms with Crippen molar-refractivity contribution in [1.82, 2.24) is 0 Å². The van der Waals surface area contributed by atoms with Crippen molar-refractivity contribution >= 4 is 5.91 Å². The molecule has 2 fully saturated rings. The summed E-state index contributed by atoms with van der Waals surface area (Å²) in [6, 6.07) is 6.08. The molecule has 1 aromatic carbocycles. The van der Waals surface area contributed by atoms with Crippen LogP contribution in [0.3, 0.4) is 0 Å². The van der Waals surface area contributed by atoms with Crippen molar-refractivity contribution in [2.75, 3.05) is 6.61 Å². The lowest BCUT2D eigenvalue weighted by Gasteiger charge is -2.48. The highest BCUT2D eigenvalue weighted by atomic mass is 16.5. The number of nitrogens with two attached hydrogens (primary N) is 1. The Hall–Kier alpha value is -1.35. The summed E-state index contributed by atoms with van der Waals surface area (Å²) in [5.41, 5.74) is 8.98. The van der Waals surface area contributed by atoms with Crippen LogP contribution in [0.15, 0.2) is 18.2 Å². The third kappa shape index (κ3) is 1.94. The molecule has 2 N–H and O–H groups in total. The van der Waals surface area contributed by atoms with Crippen LogP contribution in [-0.2, 0) is 11.2 Å². The van der Waals surface area contributed by atoms with Crippen molar-refractivity contribution in [1.29, 1.82) is 0 Å². The third-order valence-corrected chi connectivity index (χ3v) is 6.20. The van der Waals surface area contributed by atoms with Gasteiger partial charge in [0.25, 0.3) is 0 Å². The molecule has 0 unspecified atom stereocenters. The molecule has 0 bridgehead atoms. The first-order valence-corrected chi connectivity index (χ1v) is 8.15. The second-order valence-corrected chi connectivity index (χ2v) is 7.18. The lowest BCUT2D eigenvalue weighted by molar-refractivity contribution is -0.0566. The predicted octanol–water partition coefficient (Wildman–Crippen LogP) is 3.02. The number of benzene rings is 1. The van der Waals surface area contributed by atoms with Gasteiger partial charge in [-0.2, -0.15) is 0 Å². The molecule has 0 aromatic heterocycles. The van der Waals surface area contributed by atoms with Crippen LogP contribution in [0.25, 0.3) is 0 Å². The van der Waals surface area contributed by atoms with Crippen LogP contribution in [0, 0.1) is 11.8 Å². The first kappa shape index (κ1) is 13.3. The molecule has 3 heteroatoms. The van der Waals surface area contributed by atoms with Crippen molar-refractivity contribution in [2.45, 2.75) is 50.5 Å². The van der Waals surface area contributed by atoms with Gasteiger partial charge in [-0.15, -0.1) is 0 Å². The van der Waals surface area contributed by atoms with Crippen LogP contribution in [0.4, 0.5) is 0 Å². The van der Waals surface area contributed by atoms with Gasteiger partial charge in [0.15, 0.2) is 0 Å². The molecule has 4 rings (SSSR count). The zero-order valence-electron chi connectivity index (χ0n) is 12.6. The van der Waals surface area contributed by atoms with Crippen LogP contribution >= 0.6 is 0 Å². The highest BCUT2D eigenvalue weighted by Crippen LogP contribution is 2.55. The summed E-state index contributed by atoms with van der Waals surface area (Å²) in [7, 11) is 0. The smallest absolute Gasteiger partial charge is 0.248 e. The monoisotopic (exact) mass is 285 g/mol. The molecule has 1 aromatic rings. The molecule has 1 saturated carbocycles. The van der Waals surface area contributed by atoms with E-state index in [9.17, 15) is 4.79 Å². The Kier molecular flexibility index (Phi) is 2.90. The Labute approximate surface area is 125 Å². The number of primary amides is 1. The van der Waals surface area contributed by atoms with Crippen molar-refractivity contribution in [2.24, 2.45) is 17.6 Å². The maximum Gasteiger partial charge on any atom is 0.248 e. The van der Waals surface area contributed by atoms with Crippen LogP contribution in [0.1, 0.15) is 60.0 Å². The van der Waals surface area contributed by atoms with Crippen molar-refractivity contribution < 1.29 is 9.53 Å². The molecule has 0 radical (unpaired) electrons. The van der Waals surface area contributed by atoms with E-state index in [-0.39, 0.29) is 11.5 Å². The van der Waals surface area contributed by atoms with E-state index in [1.165, 1.54) is 30.4 Å². The summed E-state index contributed by atoms with van der Waals surface area (Å²) in [5.74, 6) is 1.79. The second kappa shape index (κ2) is 4.57. The number of hydrogen-bond acceptors (Lipinski definition) is 2. The fourth-order valence-corrected chi connectivity index (χ4v) is 5.14. The van der Waals surface area contributed by atoms with E-state index >= 15 is 0 Å². The summed E-state index contributed by atoms with van der Waals surface area (Å²) >= 11 is 0. The predicted molar refractivity (Wildman–Crippen MR) is 81.2 cm³/mol. The highest BCUT2D eigenvalue weighted by Gasteiger charge is 2.51. The minimum atomic E-state index is -0.319. The number of carbonyl (C=O) groups excluding carboxylic acids is 1. The maximum absolute atomic E-state index is 11.4. The molecule has 1 amide bonds. The molecule has 3 aliphatic rings. The number of hydrogen-bond donors (Lipinski definition) is 1. The molecule has 112 valence electrons. The number of ether oxygens (including phenoxy) is 1. The van der Waals surface area contributed by atoms with E-state index in [4.69, 9.17) is 10.5 Å². The van der Waals surface area contributed by atoms with Gasteiger partial charge in [0.05, 0.1) is 5.60 Å². The van der Waals surface area contributed by atoms with Gasteiger partial charge >= 0.3 is 0 Å². The number of rotatable bonds is 1. The second-order valence-electron chi connectivity index (χ2n) is 7.18. The zero-order chi connectivity index (χ0) is 14.6. The summed E-state index contributed by atoms with van der Waals surface area (Å²) < 4.78 is 6.07. The Morgan fingerprint density at radius 1 is 1.33 bits per heavy atom. The largest absolute Gasteiger partial charge is 0.375 e. The minimum Gasteiger partial charge on any atom is -0.375 e. The minimum absolute atomic E-state index is 0.117. The molecule has 1 aliphatic heterocycles. The average Bonchev–Trinajstić information content (AvgIpc) is 2.88. The number of carbonyl (C=O) groups is 1. The van der Waals surface area contributed by atoms with Crippen LogP contribution in [-0.4, -0.2) is 18.1 Å². The fourth-order valence-electron chi connectivity index (χ4n) is 5.14. The van der Waals surface area contributed by atoms with E-state index in [1.54, 1.807) is 0 Å². The SMILES string of the molecule is C[C@]12CC[C@@H]3c4ccc(C(N)=O)cc4CC[C@H]3[C@@H]1CCO2. The van der Waals surface area contributed by atoms with Gasteiger partial charge in [0.2, 0.25) is 5.91 Å². The Balaban J connectivity index is 1.69. The molecule has 3 nitrogen and oxygen atoms in total. The fraction of sp³-hybridized carbons (Fsp3) is 0.611. The number of amides is 1. The number of fused-ring (bicyclic) bond motifs is 5. The van der Waals surface area contributed by atoms with Gasteiger partial charge in [-0.1, -0.05) is 6.07 Å². The van der Waals surface area contributed by atoms with Gasteiger partial charge in [-0.05, 0) is 80.0 Å². The van der Waals surface area contributed by atoms with Gasteiger partial charge in [0.1, 0.15) is 0 Å². The molecule has 2 aliphatic carbocycles. The third-order valence-electron chi connectivity index (χ3n) is 6.20. The van der Waals surface area contributed by atoms with Gasteiger partial charge in [-0.25, -0.2) is 0 Å². The van der Waals surface area contributed by atoms with E-state index in [2.05, 4.69) is 13.0 Å². The molecule has 21 heavy (non-hydrogen) atoms. The lowest BCUT2D eigenvalue weighted by Crippen LogP contribution is -2.44. The van der Waals surface area contributed by atoms with Gasteiger partial charge in [0, 0.05) is 12.2 Å².